The van der Waals surface area contributed by atoms with Gasteiger partial charge in [-0.15, -0.1) is 0 Å². The van der Waals surface area contributed by atoms with Crippen LogP contribution in [0.4, 0.5) is 11.4 Å². The minimum absolute atomic E-state index is 0.0736. The third-order valence-corrected chi connectivity index (χ3v) is 4.71. The van der Waals surface area contributed by atoms with Crippen LogP contribution in [-0.2, 0) is 4.79 Å². The fourth-order valence-electron chi connectivity index (χ4n) is 2.89. The van der Waals surface area contributed by atoms with E-state index in [-0.39, 0.29) is 18.4 Å². The van der Waals surface area contributed by atoms with Crippen molar-refractivity contribution in [1.82, 2.24) is 0 Å². The monoisotopic (exact) mass is 388 g/mol. The summed E-state index contributed by atoms with van der Waals surface area (Å²) in [4.78, 5) is 24.5. The molecule has 5 nitrogen and oxygen atoms in total. The van der Waals surface area contributed by atoms with Crippen LogP contribution in [0.5, 0.6) is 5.75 Å². The van der Waals surface area contributed by atoms with Crippen molar-refractivity contribution in [3.05, 3.63) is 89.0 Å². The number of carbonyl (C=O) groups is 2. The van der Waals surface area contributed by atoms with Crippen LogP contribution < -0.4 is 15.4 Å². The summed E-state index contributed by atoms with van der Waals surface area (Å²) in [7, 11) is 0. The van der Waals surface area contributed by atoms with Crippen molar-refractivity contribution in [1.29, 1.82) is 0 Å². The van der Waals surface area contributed by atoms with Crippen molar-refractivity contribution in [3.63, 3.8) is 0 Å². The van der Waals surface area contributed by atoms with Crippen LogP contribution in [0, 0.1) is 20.8 Å². The lowest BCUT2D eigenvalue weighted by atomic mass is 10.1. The van der Waals surface area contributed by atoms with Gasteiger partial charge < -0.3 is 15.4 Å². The summed E-state index contributed by atoms with van der Waals surface area (Å²) in [6.45, 7) is 5.77. The third-order valence-electron chi connectivity index (χ3n) is 4.71. The Bertz CT molecular complexity index is 1030. The van der Waals surface area contributed by atoms with Gasteiger partial charge in [0.25, 0.3) is 11.8 Å². The summed E-state index contributed by atoms with van der Waals surface area (Å²) >= 11 is 0. The Hall–Kier alpha value is -3.60. The second-order valence-electron chi connectivity index (χ2n) is 6.88. The maximum absolute atomic E-state index is 12.3. The molecule has 0 aliphatic heterocycles. The minimum atomic E-state index is -0.244. The number of rotatable bonds is 6. The van der Waals surface area contributed by atoms with Gasteiger partial charge in [-0.1, -0.05) is 30.3 Å². The molecule has 0 aliphatic carbocycles. The van der Waals surface area contributed by atoms with Crippen molar-refractivity contribution < 1.29 is 14.3 Å². The van der Waals surface area contributed by atoms with Gasteiger partial charge in [0.05, 0.1) is 0 Å². The van der Waals surface area contributed by atoms with E-state index in [2.05, 4.69) is 10.6 Å². The van der Waals surface area contributed by atoms with E-state index in [1.807, 2.05) is 63.2 Å². The van der Waals surface area contributed by atoms with Gasteiger partial charge in [0.1, 0.15) is 5.75 Å². The van der Waals surface area contributed by atoms with Gasteiger partial charge >= 0.3 is 0 Å². The quantitative estimate of drug-likeness (QED) is 0.632. The molecule has 0 aromatic heterocycles. The molecule has 29 heavy (non-hydrogen) atoms. The number of nitrogens with one attached hydrogen (secondary N) is 2. The lowest BCUT2D eigenvalue weighted by molar-refractivity contribution is -0.118. The maximum atomic E-state index is 12.3. The van der Waals surface area contributed by atoms with Gasteiger partial charge in [0.15, 0.2) is 6.61 Å². The van der Waals surface area contributed by atoms with Gasteiger partial charge in [-0.05, 0) is 73.9 Å². The van der Waals surface area contributed by atoms with E-state index in [1.165, 1.54) is 0 Å². The van der Waals surface area contributed by atoms with Crippen molar-refractivity contribution in [2.45, 2.75) is 20.8 Å². The predicted octanol–water partition coefficient (Wildman–Crippen LogP) is 4.88. The highest BCUT2D eigenvalue weighted by molar-refractivity contribution is 6.04. The third kappa shape index (κ3) is 5.23. The molecule has 0 atom stereocenters. The van der Waals surface area contributed by atoms with Gasteiger partial charge in [-0.3, -0.25) is 9.59 Å². The van der Waals surface area contributed by atoms with Gasteiger partial charge in [0.2, 0.25) is 0 Å². The van der Waals surface area contributed by atoms with E-state index < -0.39 is 0 Å². The minimum Gasteiger partial charge on any atom is -0.483 e. The molecule has 0 saturated heterocycles. The molecule has 2 N–H and O–H groups in total. The second kappa shape index (κ2) is 9.06. The number of benzene rings is 3. The van der Waals surface area contributed by atoms with E-state index in [0.717, 1.165) is 16.7 Å². The number of carbonyl (C=O) groups excluding carboxylic acids is 2. The van der Waals surface area contributed by atoms with E-state index in [4.69, 9.17) is 4.74 Å². The van der Waals surface area contributed by atoms with Crippen LogP contribution in [0.2, 0.25) is 0 Å². The van der Waals surface area contributed by atoms with Gasteiger partial charge in [0, 0.05) is 16.9 Å². The molecule has 0 fully saturated rings. The van der Waals surface area contributed by atoms with Gasteiger partial charge in [-0.25, -0.2) is 0 Å². The Morgan fingerprint density at radius 3 is 2.31 bits per heavy atom. The molecule has 148 valence electrons. The molecule has 5 heteroatoms. The Morgan fingerprint density at radius 1 is 0.828 bits per heavy atom. The summed E-state index contributed by atoms with van der Waals surface area (Å²) < 4.78 is 5.64. The second-order valence-corrected chi connectivity index (χ2v) is 6.88. The van der Waals surface area contributed by atoms with E-state index in [0.29, 0.717) is 22.7 Å². The van der Waals surface area contributed by atoms with E-state index in [1.54, 1.807) is 24.3 Å². The first-order chi connectivity index (χ1) is 13.9. The zero-order valence-corrected chi connectivity index (χ0v) is 16.8. The first-order valence-electron chi connectivity index (χ1n) is 9.40. The molecule has 3 aromatic rings. The molecule has 0 radical (unpaired) electrons. The number of anilines is 2. The molecular formula is C24H24N2O3. The molecule has 0 heterocycles. The Morgan fingerprint density at radius 2 is 1.59 bits per heavy atom. The average molecular weight is 388 g/mol. The summed E-state index contributed by atoms with van der Waals surface area (Å²) in [5, 5.41) is 5.71. The Kier molecular flexibility index (Phi) is 6.29. The SMILES string of the molecule is Cc1cc(NC(=O)COc2cccc(C)c2C)ccc1NC(=O)c1ccccc1. The smallest absolute Gasteiger partial charge is 0.262 e. The van der Waals surface area contributed by atoms with Crippen molar-refractivity contribution in [2.75, 3.05) is 17.2 Å². The van der Waals surface area contributed by atoms with Crippen LogP contribution in [0.1, 0.15) is 27.0 Å². The molecule has 2 amide bonds. The zero-order chi connectivity index (χ0) is 20.8. The molecule has 0 spiro atoms. The van der Waals surface area contributed by atoms with Gasteiger partial charge in [-0.2, -0.15) is 0 Å². The summed E-state index contributed by atoms with van der Waals surface area (Å²) in [6.07, 6.45) is 0. The zero-order valence-electron chi connectivity index (χ0n) is 16.8. The van der Waals surface area contributed by atoms with E-state index in [9.17, 15) is 9.59 Å². The maximum Gasteiger partial charge on any atom is 0.262 e. The van der Waals surface area contributed by atoms with Crippen LogP contribution >= 0.6 is 0 Å². The topological polar surface area (TPSA) is 67.4 Å². The molecule has 3 rings (SSSR count). The normalized spacial score (nSPS) is 10.3. The summed E-state index contributed by atoms with van der Waals surface area (Å²) in [5.41, 5.74) is 4.93. The first-order valence-corrected chi connectivity index (χ1v) is 9.40. The number of ether oxygens (including phenoxy) is 1. The molecule has 0 aliphatic rings. The Labute approximate surface area is 170 Å². The lowest BCUT2D eigenvalue weighted by Gasteiger charge is -2.13. The molecular weight excluding hydrogens is 364 g/mol. The highest BCUT2D eigenvalue weighted by atomic mass is 16.5. The Balaban J connectivity index is 1.59. The van der Waals surface area contributed by atoms with Crippen molar-refractivity contribution >= 4 is 23.2 Å². The number of amides is 2. The van der Waals surface area contributed by atoms with Crippen molar-refractivity contribution in [3.8, 4) is 5.75 Å². The number of hydrogen-bond donors (Lipinski definition) is 2. The lowest BCUT2D eigenvalue weighted by Crippen LogP contribution is -2.20. The molecule has 0 unspecified atom stereocenters. The molecule has 0 saturated carbocycles. The van der Waals surface area contributed by atoms with E-state index >= 15 is 0 Å². The summed E-state index contributed by atoms with van der Waals surface area (Å²) in [6, 6.07) is 20.1. The largest absolute Gasteiger partial charge is 0.483 e. The van der Waals surface area contributed by atoms with Crippen molar-refractivity contribution in [2.24, 2.45) is 0 Å². The first kappa shape index (κ1) is 20.1. The fraction of sp³-hybridized carbons (Fsp3) is 0.167. The predicted molar refractivity (Wildman–Crippen MR) is 116 cm³/mol. The van der Waals surface area contributed by atoms with Crippen LogP contribution in [-0.4, -0.2) is 18.4 Å². The number of aryl methyl sites for hydroxylation is 2. The standard InChI is InChI=1S/C24H24N2O3/c1-16-8-7-11-22(18(16)3)29-15-23(27)25-20-12-13-21(17(2)14-20)26-24(28)19-9-5-4-6-10-19/h4-14H,15H2,1-3H3,(H,25,27)(H,26,28). The van der Waals surface area contributed by atoms with Crippen LogP contribution in [0.25, 0.3) is 0 Å². The molecule has 0 bridgehead atoms. The fourth-order valence-corrected chi connectivity index (χ4v) is 2.89. The molecule has 3 aromatic carbocycles. The summed E-state index contributed by atoms with van der Waals surface area (Å²) in [5.74, 6) is 0.286. The number of hydrogen-bond acceptors (Lipinski definition) is 3. The average Bonchev–Trinajstić information content (AvgIpc) is 2.71. The highest BCUT2D eigenvalue weighted by Crippen LogP contribution is 2.22. The highest BCUT2D eigenvalue weighted by Gasteiger charge is 2.10. The van der Waals surface area contributed by atoms with Crippen LogP contribution in [0.3, 0.4) is 0 Å². The van der Waals surface area contributed by atoms with Crippen LogP contribution in [0.15, 0.2) is 66.7 Å².